The first-order chi connectivity index (χ1) is 14.9. The molecule has 0 atom stereocenters. The Balaban J connectivity index is 0.000000363. The molecule has 0 radical (unpaired) electrons. The normalized spacial score (nSPS) is 11.0. The Kier molecular flexibility index (Phi) is 12.0. The number of imidazole rings is 2. The van der Waals surface area contributed by atoms with Crippen molar-refractivity contribution in [3.05, 3.63) is 32.3 Å². The first-order valence-corrected chi connectivity index (χ1v) is 14.9. The molecule has 0 aliphatic carbocycles. The van der Waals surface area contributed by atoms with Crippen molar-refractivity contribution < 1.29 is 23.8 Å². The van der Waals surface area contributed by atoms with Gasteiger partial charge in [-0.15, -0.1) is 0 Å². The van der Waals surface area contributed by atoms with E-state index in [1.54, 1.807) is 13.8 Å². The summed E-state index contributed by atoms with van der Waals surface area (Å²) in [5.74, 6) is -1.04. The summed E-state index contributed by atoms with van der Waals surface area (Å²) in [5.41, 5.74) is 0. The summed E-state index contributed by atoms with van der Waals surface area (Å²) in [6.07, 6.45) is 0. The van der Waals surface area contributed by atoms with E-state index in [1.165, 1.54) is 4.57 Å². The number of carbonyl (C=O) groups excluding carboxylic acids is 2. The average Bonchev–Trinajstić information content (AvgIpc) is 3.18. The number of hydrogen-bond donors (Lipinski definition) is 1. The van der Waals surface area contributed by atoms with Crippen LogP contribution < -0.4 is 0 Å². The van der Waals surface area contributed by atoms with Crippen LogP contribution in [0, 0.1) is 0 Å². The lowest BCUT2D eigenvalue weighted by atomic mass is 10.6. The van der Waals surface area contributed by atoms with Crippen LogP contribution in [-0.2, 0) is 20.9 Å². The number of nitrogens with one attached hydrogen (secondary N) is 1. The topological polar surface area (TPSA) is 108 Å². The molecule has 2 aromatic rings. The molecule has 9 nitrogen and oxygen atoms in total. The van der Waals surface area contributed by atoms with Crippen LogP contribution in [0.15, 0.2) is 0 Å². The summed E-state index contributed by atoms with van der Waals surface area (Å²) >= 11 is 22.9. The third-order valence-electron chi connectivity index (χ3n) is 3.63. The van der Waals surface area contributed by atoms with Gasteiger partial charge in [-0.2, -0.15) is 0 Å². The predicted octanol–water partition coefficient (Wildman–Crippen LogP) is 5.57. The predicted molar refractivity (Wildman–Crippen MR) is 127 cm³/mol. The summed E-state index contributed by atoms with van der Waals surface area (Å²) in [6.45, 7) is 11.5. The van der Waals surface area contributed by atoms with Crippen LogP contribution in [0.3, 0.4) is 0 Å². The molecule has 0 spiro atoms. The van der Waals surface area contributed by atoms with Crippen molar-refractivity contribution in [2.45, 2.75) is 46.3 Å². The number of aromatic amines is 1. The van der Waals surface area contributed by atoms with E-state index in [0.29, 0.717) is 6.61 Å². The molecular formula is C18H26Cl4N4O5Si. The molecule has 1 N–H and O–H groups in total. The van der Waals surface area contributed by atoms with Gasteiger partial charge in [-0.1, -0.05) is 66.0 Å². The molecule has 32 heavy (non-hydrogen) atoms. The number of ether oxygens (including phenoxy) is 3. The Bertz CT molecular complexity index is 895. The third kappa shape index (κ3) is 9.28. The molecule has 2 aromatic heterocycles. The van der Waals surface area contributed by atoms with Crippen LogP contribution in [0.5, 0.6) is 0 Å². The van der Waals surface area contributed by atoms with E-state index in [1.807, 2.05) is 0 Å². The molecule has 0 aliphatic rings. The van der Waals surface area contributed by atoms with Gasteiger partial charge in [0.1, 0.15) is 17.0 Å². The van der Waals surface area contributed by atoms with Crippen LogP contribution in [0.25, 0.3) is 0 Å². The van der Waals surface area contributed by atoms with E-state index in [2.05, 4.69) is 39.3 Å². The lowest BCUT2D eigenvalue weighted by molar-refractivity contribution is 0.0463. The smallest absolute Gasteiger partial charge is 0.374 e. The molecule has 0 fully saturated rings. The second-order valence-corrected chi connectivity index (χ2v) is 14.5. The molecule has 2 heterocycles. The van der Waals surface area contributed by atoms with Crippen LogP contribution in [0.4, 0.5) is 0 Å². The minimum absolute atomic E-state index is 0.0202. The highest BCUT2D eigenvalue weighted by atomic mass is 35.5. The maximum absolute atomic E-state index is 11.8. The van der Waals surface area contributed by atoms with Crippen molar-refractivity contribution in [2.75, 3.05) is 19.8 Å². The number of aromatic nitrogens is 4. The van der Waals surface area contributed by atoms with Crippen LogP contribution in [0.1, 0.15) is 35.1 Å². The molecular weight excluding hydrogens is 522 g/mol. The van der Waals surface area contributed by atoms with Crippen molar-refractivity contribution in [1.82, 2.24) is 19.5 Å². The standard InChI is InChI=1S/C12H20Cl2N2O3Si.C6H6Cl2N2O2/c1-5-19-12(17)11-15-9(13)10(14)16(11)8-18-6-7-20(2,3)4;1-2-12-6(11)5-9-3(7)4(8)10-5/h5-8H2,1-4H3;2H2,1H3,(H,9,10). The van der Waals surface area contributed by atoms with Gasteiger partial charge in [-0.05, 0) is 19.9 Å². The lowest BCUT2D eigenvalue weighted by Crippen LogP contribution is -2.22. The molecule has 0 bridgehead atoms. The Morgan fingerprint density at radius 2 is 1.56 bits per heavy atom. The van der Waals surface area contributed by atoms with E-state index >= 15 is 0 Å². The van der Waals surface area contributed by atoms with E-state index in [-0.39, 0.29) is 52.2 Å². The summed E-state index contributed by atoms with van der Waals surface area (Å²) < 4.78 is 16.5. The van der Waals surface area contributed by atoms with Gasteiger partial charge < -0.3 is 19.2 Å². The molecule has 0 saturated carbocycles. The molecule has 0 unspecified atom stereocenters. The Labute approximate surface area is 207 Å². The minimum atomic E-state index is -1.15. The number of hydrogen-bond acceptors (Lipinski definition) is 7. The highest BCUT2D eigenvalue weighted by Gasteiger charge is 2.21. The summed E-state index contributed by atoms with van der Waals surface area (Å²) in [6, 6.07) is 1.03. The van der Waals surface area contributed by atoms with Gasteiger partial charge in [0.05, 0.1) is 13.2 Å². The Morgan fingerprint density at radius 1 is 0.969 bits per heavy atom. The highest BCUT2D eigenvalue weighted by Crippen LogP contribution is 2.23. The Hall–Kier alpha value is -1.30. The van der Waals surface area contributed by atoms with Crippen molar-refractivity contribution >= 4 is 66.4 Å². The second-order valence-electron chi connectivity index (χ2n) is 7.42. The van der Waals surface area contributed by atoms with Gasteiger partial charge in [0, 0.05) is 14.7 Å². The van der Waals surface area contributed by atoms with Gasteiger partial charge in [0.15, 0.2) is 10.3 Å². The fraction of sp³-hybridized carbons (Fsp3) is 0.556. The SMILES string of the molecule is CCOC(=O)c1nc(Cl)c(Cl)[nH]1.CCOC(=O)c1nc(Cl)c(Cl)n1COCC[Si](C)(C)C. The van der Waals surface area contributed by atoms with E-state index < -0.39 is 20.0 Å². The van der Waals surface area contributed by atoms with Crippen molar-refractivity contribution in [2.24, 2.45) is 0 Å². The molecule has 2 rings (SSSR count). The van der Waals surface area contributed by atoms with Crippen molar-refractivity contribution in [1.29, 1.82) is 0 Å². The maximum atomic E-state index is 11.8. The van der Waals surface area contributed by atoms with Gasteiger partial charge in [0.25, 0.3) is 0 Å². The number of H-pyrrole nitrogens is 1. The largest absolute Gasteiger partial charge is 0.460 e. The monoisotopic (exact) mass is 546 g/mol. The quantitative estimate of drug-likeness (QED) is 0.248. The molecule has 0 amide bonds. The number of esters is 2. The second kappa shape index (κ2) is 13.4. The highest BCUT2D eigenvalue weighted by molar-refractivity contribution is 6.76. The molecule has 0 aliphatic heterocycles. The van der Waals surface area contributed by atoms with Crippen molar-refractivity contribution in [3.8, 4) is 0 Å². The zero-order valence-corrected chi connectivity index (χ0v) is 22.5. The average molecular weight is 548 g/mol. The summed E-state index contributed by atoms with van der Waals surface area (Å²) in [7, 11) is -1.15. The molecule has 14 heteroatoms. The van der Waals surface area contributed by atoms with E-state index in [4.69, 9.17) is 55.9 Å². The maximum Gasteiger partial charge on any atom is 0.374 e. The fourth-order valence-corrected chi connectivity index (χ4v) is 3.41. The van der Waals surface area contributed by atoms with Gasteiger partial charge in [0.2, 0.25) is 11.6 Å². The van der Waals surface area contributed by atoms with E-state index in [0.717, 1.165) is 6.04 Å². The molecule has 180 valence electrons. The molecule has 0 saturated heterocycles. The zero-order chi connectivity index (χ0) is 24.5. The van der Waals surface area contributed by atoms with E-state index in [9.17, 15) is 9.59 Å². The zero-order valence-electron chi connectivity index (χ0n) is 18.4. The Morgan fingerprint density at radius 3 is 2.06 bits per heavy atom. The fourth-order valence-electron chi connectivity index (χ4n) is 2.03. The summed E-state index contributed by atoms with van der Waals surface area (Å²) in [5, 5.41) is 0.464. The van der Waals surface area contributed by atoms with Gasteiger partial charge in [-0.3, -0.25) is 4.57 Å². The number of halogens is 4. The van der Waals surface area contributed by atoms with Gasteiger partial charge in [-0.25, -0.2) is 19.6 Å². The van der Waals surface area contributed by atoms with Crippen molar-refractivity contribution in [3.63, 3.8) is 0 Å². The first-order valence-electron chi connectivity index (χ1n) is 9.65. The summed E-state index contributed by atoms with van der Waals surface area (Å²) in [4.78, 5) is 32.7. The van der Waals surface area contributed by atoms with Crippen LogP contribution >= 0.6 is 46.4 Å². The first kappa shape index (κ1) is 28.7. The van der Waals surface area contributed by atoms with Crippen LogP contribution in [0.2, 0.25) is 46.3 Å². The number of nitrogens with zero attached hydrogens (tertiary/aromatic N) is 3. The number of rotatable bonds is 9. The molecule has 0 aromatic carbocycles. The lowest BCUT2D eigenvalue weighted by Gasteiger charge is -2.16. The number of carbonyl (C=O) groups is 2. The van der Waals surface area contributed by atoms with Gasteiger partial charge >= 0.3 is 11.9 Å². The minimum Gasteiger partial charge on any atom is -0.460 e. The third-order valence-corrected chi connectivity index (χ3v) is 6.72. The van der Waals surface area contributed by atoms with Crippen LogP contribution in [-0.4, -0.2) is 59.4 Å².